The van der Waals surface area contributed by atoms with Crippen molar-refractivity contribution >= 4 is 34.5 Å². The summed E-state index contributed by atoms with van der Waals surface area (Å²) in [5, 5.41) is 2.60. The summed E-state index contributed by atoms with van der Waals surface area (Å²) in [5.41, 5.74) is 7.00. The topological polar surface area (TPSA) is 125 Å². The van der Waals surface area contributed by atoms with E-state index in [4.69, 9.17) is 10.5 Å². The summed E-state index contributed by atoms with van der Waals surface area (Å²) in [6, 6.07) is 13.2. The fourth-order valence-corrected chi connectivity index (χ4v) is 3.24. The van der Waals surface area contributed by atoms with Gasteiger partial charge in [0.2, 0.25) is 5.91 Å². The minimum atomic E-state index is -1.08. The first kappa shape index (κ1) is 21.8. The molecule has 2 aromatic carbocycles. The highest BCUT2D eigenvalue weighted by Crippen LogP contribution is 2.14. The highest BCUT2D eigenvalue weighted by atomic mass is 16.5. The lowest BCUT2D eigenvalue weighted by atomic mass is 10.2. The number of carbonyl (C=O) groups excluding carboxylic acids is 3. The number of esters is 1. The van der Waals surface area contributed by atoms with Gasteiger partial charge in [-0.3, -0.25) is 23.5 Å². The molecule has 0 aliphatic heterocycles. The minimum Gasteiger partial charge on any atom is -0.451 e. The van der Waals surface area contributed by atoms with E-state index in [1.165, 1.54) is 35.8 Å². The fraction of sp³-hybridized carbons (Fsp3) is 0.273. The predicted molar refractivity (Wildman–Crippen MR) is 116 cm³/mol. The average Bonchev–Trinajstić information content (AvgIpc) is 3.00. The van der Waals surface area contributed by atoms with Gasteiger partial charge in [-0.2, -0.15) is 0 Å². The van der Waals surface area contributed by atoms with Crippen LogP contribution in [0.2, 0.25) is 0 Å². The second-order valence-electron chi connectivity index (χ2n) is 7.07. The Kier molecular flexibility index (Phi) is 6.54. The molecule has 0 fully saturated rings. The van der Waals surface area contributed by atoms with Gasteiger partial charge in [0, 0.05) is 17.8 Å². The molecule has 9 nitrogen and oxygen atoms in total. The molecule has 31 heavy (non-hydrogen) atoms. The van der Waals surface area contributed by atoms with E-state index >= 15 is 0 Å². The summed E-state index contributed by atoms with van der Waals surface area (Å²) >= 11 is 0. The van der Waals surface area contributed by atoms with Crippen molar-refractivity contribution < 1.29 is 19.1 Å². The Morgan fingerprint density at radius 1 is 1.03 bits per heavy atom. The molecule has 3 rings (SSSR count). The van der Waals surface area contributed by atoms with Gasteiger partial charge in [0.25, 0.3) is 5.91 Å². The normalized spacial score (nSPS) is 11.8. The third-order valence-corrected chi connectivity index (χ3v) is 4.77. The molecule has 162 valence electrons. The van der Waals surface area contributed by atoms with Gasteiger partial charge in [0.15, 0.2) is 6.10 Å². The number of hydrogen-bond donors (Lipinski definition) is 2. The summed E-state index contributed by atoms with van der Waals surface area (Å²) in [4.78, 5) is 48.6. The van der Waals surface area contributed by atoms with Gasteiger partial charge in [0.1, 0.15) is 6.54 Å². The Morgan fingerprint density at radius 2 is 1.65 bits per heavy atom. The van der Waals surface area contributed by atoms with Crippen LogP contribution in [0.4, 0.5) is 5.69 Å². The van der Waals surface area contributed by atoms with Crippen LogP contribution in [0.1, 0.15) is 30.6 Å². The van der Waals surface area contributed by atoms with Crippen LogP contribution in [0.3, 0.4) is 0 Å². The van der Waals surface area contributed by atoms with Crippen LogP contribution in [0.15, 0.2) is 53.3 Å². The van der Waals surface area contributed by atoms with Gasteiger partial charge >= 0.3 is 11.7 Å². The molecule has 0 aliphatic rings. The Morgan fingerprint density at radius 3 is 2.23 bits per heavy atom. The number of nitrogens with zero attached hydrogens (tertiary/aromatic N) is 2. The number of benzene rings is 2. The van der Waals surface area contributed by atoms with E-state index in [-0.39, 0.29) is 12.2 Å². The molecule has 1 atom stereocenters. The van der Waals surface area contributed by atoms with Crippen molar-refractivity contribution in [2.75, 3.05) is 5.32 Å². The standard InChI is InChI=1S/C22H24N4O5/c1-3-12-25-17-6-4-5-7-18(17)26(22(25)30)13-19(27)31-14(2)21(29)24-16-10-8-15(9-11-16)20(23)28/h4-11,14H,3,12-13H2,1-2H3,(H2,23,28)(H,24,29). The van der Waals surface area contributed by atoms with E-state index in [0.29, 0.717) is 23.3 Å². The molecular formula is C22H24N4O5. The average molecular weight is 424 g/mol. The minimum absolute atomic E-state index is 0.299. The number of nitrogens with two attached hydrogens (primary N) is 1. The second-order valence-corrected chi connectivity index (χ2v) is 7.07. The number of primary amides is 1. The molecule has 0 radical (unpaired) electrons. The number of ether oxygens (including phenoxy) is 1. The first-order valence-corrected chi connectivity index (χ1v) is 9.90. The van der Waals surface area contributed by atoms with E-state index in [0.717, 1.165) is 11.9 Å². The van der Waals surface area contributed by atoms with E-state index in [9.17, 15) is 19.2 Å². The second kappa shape index (κ2) is 9.29. The Labute approximate surface area is 178 Å². The van der Waals surface area contributed by atoms with Crippen LogP contribution in [0.25, 0.3) is 11.0 Å². The lowest BCUT2D eigenvalue weighted by Crippen LogP contribution is -2.33. The smallest absolute Gasteiger partial charge is 0.329 e. The van der Waals surface area contributed by atoms with Gasteiger partial charge < -0.3 is 15.8 Å². The van der Waals surface area contributed by atoms with Crippen molar-refractivity contribution in [1.29, 1.82) is 0 Å². The summed E-state index contributed by atoms with van der Waals surface area (Å²) in [5.74, 6) is -1.81. The number of amides is 2. The van der Waals surface area contributed by atoms with E-state index in [2.05, 4.69) is 5.32 Å². The summed E-state index contributed by atoms with van der Waals surface area (Å²) in [6.07, 6.45) is -0.307. The number of fused-ring (bicyclic) bond motifs is 1. The van der Waals surface area contributed by atoms with Crippen molar-refractivity contribution in [3.63, 3.8) is 0 Å². The van der Waals surface area contributed by atoms with Crippen LogP contribution in [0.5, 0.6) is 0 Å². The number of rotatable bonds is 8. The van der Waals surface area contributed by atoms with Crippen LogP contribution in [-0.2, 0) is 27.4 Å². The first-order valence-electron chi connectivity index (χ1n) is 9.90. The molecule has 0 saturated carbocycles. The number of aromatic nitrogens is 2. The Balaban J connectivity index is 1.68. The van der Waals surface area contributed by atoms with Gasteiger partial charge in [-0.05, 0) is 49.7 Å². The lowest BCUT2D eigenvalue weighted by molar-refractivity contribution is -0.153. The molecule has 1 unspecified atom stereocenters. The van der Waals surface area contributed by atoms with E-state index in [1.54, 1.807) is 16.7 Å². The van der Waals surface area contributed by atoms with Crippen LogP contribution in [0, 0.1) is 0 Å². The number of aryl methyl sites for hydroxylation is 1. The number of anilines is 1. The molecule has 2 amide bonds. The maximum Gasteiger partial charge on any atom is 0.329 e. The van der Waals surface area contributed by atoms with E-state index in [1.807, 2.05) is 19.1 Å². The fourth-order valence-electron chi connectivity index (χ4n) is 3.24. The zero-order valence-corrected chi connectivity index (χ0v) is 17.3. The number of carbonyl (C=O) groups is 3. The summed E-state index contributed by atoms with van der Waals surface area (Å²) in [6.45, 7) is 3.64. The first-order chi connectivity index (χ1) is 14.8. The number of hydrogen-bond acceptors (Lipinski definition) is 5. The third kappa shape index (κ3) is 4.82. The largest absolute Gasteiger partial charge is 0.451 e. The van der Waals surface area contributed by atoms with Crippen molar-refractivity contribution in [3.05, 3.63) is 64.6 Å². The third-order valence-electron chi connectivity index (χ3n) is 4.77. The summed E-state index contributed by atoms with van der Waals surface area (Å²) in [7, 11) is 0. The van der Waals surface area contributed by atoms with Crippen molar-refractivity contribution in [1.82, 2.24) is 9.13 Å². The van der Waals surface area contributed by atoms with Crippen molar-refractivity contribution in [3.8, 4) is 0 Å². The molecule has 0 bridgehead atoms. The van der Waals surface area contributed by atoms with Crippen molar-refractivity contribution in [2.45, 2.75) is 39.5 Å². The quantitative estimate of drug-likeness (QED) is 0.534. The SMILES string of the molecule is CCCn1c(=O)n(CC(=O)OC(C)C(=O)Nc2ccc(C(N)=O)cc2)c2ccccc21. The van der Waals surface area contributed by atoms with Gasteiger partial charge in [-0.15, -0.1) is 0 Å². The monoisotopic (exact) mass is 424 g/mol. The molecule has 3 aromatic rings. The van der Waals surface area contributed by atoms with Gasteiger partial charge in [-0.25, -0.2) is 4.79 Å². The van der Waals surface area contributed by atoms with E-state index < -0.39 is 23.9 Å². The van der Waals surface area contributed by atoms with Crippen LogP contribution in [-0.4, -0.2) is 33.0 Å². The molecular weight excluding hydrogens is 400 g/mol. The zero-order chi connectivity index (χ0) is 22.5. The number of imidazole rings is 1. The molecule has 0 aliphatic carbocycles. The molecule has 9 heteroatoms. The Bertz CT molecular complexity index is 1180. The predicted octanol–water partition coefficient (Wildman–Crippen LogP) is 1.88. The maximum atomic E-state index is 12.8. The molecule has 3 N–H and O–H groups in total. The Hall–Kier alpha value is -3.88. The molecule has 1 heterocycles. The van der Waals surface area contributed by atoms with Gasteiger partial charge in [0.05, 0.1) is 11.0 Å². The number of para-hydroxylation sites is 2. The highest BCUT2D eigenvalue weighted by Gasteiger charge is 2.21. The van der Waals surface area contributed by atoms with Gasteiger partial charge in [-0.1, -0.05) is 19.1 Å². The van der Waals surface area contributed by atoms with Crippen molar-refractivity contribution in [2.24, 2.45) is 5.73 Å². The molecule has 1 aromatic heterocycles. The van der Waals surface area contributed by atoms with Crippen LogP contribution >= 0.6 is 0 Å². The zero-order valence-electron chi connectivity index (χ0n) is 17.3. The lowest BCUT2D eigenvalue weighted by Gasteiger charge is -2.14. The summed E-state index contributed by atoms with van der Waals surface area (Å²) < 4.78 is 8.20. The molecule has 0 spiro atoms. The highest BCUT2D eigenvalue weighted by molar-refractivity contribution is 5.96. The maximum absolute atomic E-state index is 12.8. The molecule has 0 saturated heterocycles. The number of nitrogens with one attached hydrogen (secondary N) is 1. The van der Waals surface area contributed by atoms with Crippen LogP contribution < -0.4 is 16.7 Å².